The summed E-state index contributed by atoms with van der Waals surface area (Å²) in [6.45, 7) is 0.563. The summed E-state index contributed by atoms with van der Waals surface area (Å²) in [6, 6.07) is 5.97. The fraction of sp³-hybridized carbons (Fsp3) is 0.125. The van der Waals surface area contributed by atoms with Gasteiger partial charge in [0.2, 0.25) is 0 Å². The number of nitrogens with one attached hydrogen (secondary N) is 1. The van der Waals surface area contributed by atoms with Gasteiger partial charge in [-0.2, -0.15) is 5.10 Å². The lowest BCUT2D eigenvalue weighted by atomic mass is 10.2. The van der Waals surface area contributed by atoms with Gasteiger partial charge in [0.1, 0.15) is 4.60 Å². The third kappa shape index (κ3) is 1.13. The third-order valence-corrected chi connectivity index (χ3v) is 2.41. The van der Waals surface area contributed by atoms with Crippen molar-refractivity contribution in [2.24, 2.45) is 5.73 Å². The molecule has 4 heteroatoms. The Bertz CT molecular complexity index is 408. The summed E-state index contributed by atoms with van der Waals surface area (Å²) < 4.78 is 0.910. The second-order valence-corrected chi connectivity index (χ2v) is 3.39. The monoisotopic (exact) mass is 225 g/mol. The van der Waals surface area contributed by atoms with Crippen molar-refractivity contribution in [3.05, 3.63) is 28.4 Å². The average Bonchev–Trinajstić information content (AvgIpc) is 2.47. The number of aromatic amines is 1. The Kier molecular flexibility index (Phi) is 1.86. The highest BCUT2D eigenvalue weighted by Crippen LogP contribution is 2.21. The van der Waals surface area contributed by atoms with E-state index in [-0.39, 0.29) is 0 Å². The molecular weight excluding hydrogens is 218 g/mol. The number of hydrogen-bond donors (Lipinski definition) is 2. The van der Waals surface area contributed by atoms with Crippen LogP contribution in [0.2, 0.25) is 0 Å². The number of benzene rings is 1. The molecule has 3 nitrogen and oxygen atoms in total. The summed E-state index contributed by atoms with van der Waals surface area (Å²) in [5.41, 5.74) is 7.59. The van der Waals surface area contributed by atoms with Crippen molar-refractivity contribution in [3.8, 4) is 0 Å². The van der Waals surface area contributed by atoms with Crippen LogP contribution in [-0.4, -0.2) is 10.2 Å². The SMILES string of the molecule is NCc1ccc2n[nH]c(Br)c2c1. The van der Waals surface area contributed by atoms with Crippen molar-refractivity contribution in [3.63, 3.8) is 0 Å². The van der Waals surface area contributed by atoms with Crippen LogP contribution < -0.4 is 5.73 Å². The number of aromatic nitrogens is 2. The molecule has 0 unspecified atom stereocenters. The minimum atomic E-state index is 0.563. The van der Waals surface area contributed by atoms with Gasteiger partial charge < -0.3 is 5.73 Å². The van der Waals surface area contributed by atoms with Gasteiger partial charge in [-0.05, 0) is 33.6 Å². The van der Waals surface area contributed by atoms with E-state index in [0.717, 1.165) is 21.1 Å². The van der Waals surface area contributed by atoms with Crippen LogP contribution in [0.3, 0.4) is 0 Å². The lowest BCUT2D eigenvalue weighted by Crippen LogP contribution is -1.94. The number of rotatable bonds is 1. The molecule has 1 aromatic heterocycles. The molecule has 0 atom stereocenters. The lowest BCUT2D eigenvalue weighted by molar-refractivity contribution is 1.07. The van der Waals surface area contributed by atoms with Crippen molar-refractivity contribution in [2.75, 3.05) is 0 Å². The molecule has 0 amide bonds. The van der Waals surface area contributed by atoms with Crippen molar-refractivity contribution in [1.29, 1.82) is 0 Å². The summed E-state index contributed by atoms with van der Waals surface area (Å²) in [6.07, 6.45) is 0. The molecule has 0 aliphatic carbocycles. The zero-order valence-electron chi connectivity index (χ0n) is 6.34. The molecule has 0 saturated heterocycles. The quantitative estimate of drug-likeness (QED) is 0.778. The Morgan fingerprint density at radius 1 is 1.50 bits per heavy atom. The number of nitrogens with zero attached hydrogens (tertiary/aromatic N) is 1. The van der Waals surface area contributed by atoms with Gasteiger partial charge in [0, 0.05) is 11.9 Å². The molecule has 12 heavy (non-hydrogen) atoms. The van der Waals surface area contributed by atoms with Crippen LogP contribution in [0, 0.1) is 0 Å². The van der Waals surface area contributed by atoms with Gasteiger partial charge in [0.05, 0.1) is 5.52 Å². The maximum atomic E-state index is 5.51. The fourth-order valence-electron chi connectivity index (χ4n) is 1.15. The minimum Gasteiger partial charge on any atom is -0.326 e. The van der Waals surface area contributed by atoms with Crippen LogP contribution in [0.4, 0.5) is 0 Å². The molecule has 1 aromatic carbocycles. The van der Waals surface area contributed by atoms with Crippen LogP contribution in [0.5, 0.6) is 0 Å². The van der Waals surface area contributed by atoms with E-state index in [4.69, 9.17) is 5.73 Å². The maximum Gasteiger partial charge on any atom is 0.108 e. The first-order valence-electron chi connectivity index (χ1n) is 3.64. The van der Waals surface area contributed by atoms with E-state index >= 15 is 0 Å². The molecular formula is C8H8BrN3. The van der Waals surface area contributed by atoms with Crippen LogP contribution >= 0.6 is 15.9 Å². The Morgan fingerprint density at radius 3 is 3.08 bits per heavy atom. The standard InChI is InChI=1S/C8H8BrN3/c9-8-6-3-5(4-10)1-2-7(6)11-12-8/h1-3H,4,10H2,(H,11,12). The summed E-state index contributed by atoms with van der Waals surface area (Å²) in [5, 5.41) is 8.02. The number of fused-ring (bicyclic) bond motifs is 1. The van der Waals surface area contributed by atoms with Gasteiger partial charge >= 0.3 is 0 Å². The smallest absolute Gasteiger partial charge is 0.108 e. The number of nitrogens with two attached hydrogens (primary N) is 1. The highest BCUT2D eigenvalue weighted by Gasteiger charge is 2.01. The predicted octanol–water partition coefficient (Wildman–Crippen LogP) is 1.78. The van der Waals surface area contributed by atoms with Gasteiger partial charge in [-0.3, -0.25) is 5.10 Å². The first-order chi connectivity index (χ1) is 5.81. The van der Waals surface area contributed by atoms with Crippen LogP contribution in [-0.2, 0) is 6.54 Å². The molecule has 0 aliphatic heterocycles. The molecule has 2 aromatic rings. The molecule has 0 saturated carbocycles. The van der Waals surface area contributed by atoms with E-state index in [1.54, 1.807) is 0 Å². The Labute approximate surface area is 78.1 Å². The van der Waals surface area contributed by atoms with Gasteiger partial charge in [0.25, 0.3) is 0 Å². The largest absolute Gasteiger partial charge is 0.326 e. The highest BCUT2D eigenvalue weighted by molar-refractivity contribution is 9.10. The molecule has 0 fully saturated rings. The van der Waals surface area contributed by atoms with Gasteiger partial charge in [-0.25, -0.2) is 0 Å². The topological polar surface area (TPSA) is 54.7 Å². The molecule has 0 aliphatic rings. The highest BCUT2D eigenvalue weighted by atomic mass is 79.9. The molecule has 3 N–H and O–H groups in total. The molecule has 62 valence electrons. The van der Waals surface area contributed by atoms with Gasteiger partial charge in [-0.1, -0.05) is 6.07 Å². The normalized spacial score (nSPS) is 10.8. The fourth-order valence-corrected chi connectivity index (χ4v) is 1.56. The number of halogens is 1. The van der Waals surface area contributed by atoms with E-state index in [2.05, 4.69) is 26.1 Å². The first-order valence-corrected chi connectivity index (χ1v) is 4.43. The van der Waals surface area contributed by atoms with Gasteiger partial charge in [0.15, 0.2) is 0 Å². The Balaban J connectivity index is 2.71. The van der Waals surface area contributed by atoms with Crippen molar-refractivity contribution >= 4 is 26.8 Å². The van der Waals surface area contributed by atoms with E-state index in [1.807, 2.05) is 18.2 Å². The Morgan fingerprint density at radius 2 is 2.33 bits per heavy atom. The molecule has 0 spiro atoms. The van der Waals surface area contributed by atoms with Crippen LogP contribution in [0.1, 0.15) is 5.56 Å². The lowest BCUT2D eigenvalue weighted by Gasteiger charge is -1.94. The summed E-state index contributed by atoms with van der Waals surface area (Å²) in [5.74, 6) is 0. The zero-order chi connectivity index (χ0) is 8.55. The van der Waals surface area contributed by atoms with E-state index in [9.17, 15) is 0 Å². The summed E-state index contributed by atoms with van der Waals surface area (Å²) in [4.78, 5) is 0. The van der Waals surface area contributed by atoms with E-state index in [0.29, 0.717) is 6.54 Å². The second kappa shape index (κ2) is 2.88. The molecule has 0 bridgehead atoms. The van der Waals surface area contributed by atoms with Gasteiger partial charge in [-0.15, -0.1) is 0 Å². The third-order valence-electron chi connectivity index (χ3n) is 1.81. The minimum absolute atomic E-state index is 0.563. The summed E-state index contributed by atoms with van der Waals surface area (Å²) >= 11 is 3.37. The summed E-state index contributed by atoms with van der Waals surface area (Å²) in [7, 11) is 0. The molecule has 0 radical (unpaired) electrons. The van der Waals surface area contributed by atoms with E-state index < -0.39 is 0 Å². The second-order valence-electron chi connectivity index (χ2n) is 2.59. The van der Waals surface area contributed by atoms with Crippen molar-refractivity contribution in [1.82, 2.24) is 10.2 Å². The molecule has 2 rings (SSSR count). The maximum absolute atomic E-state index is 5.51. The van der Waals surface area contributed by atoms with Crippen LogP contribution in [0.25, 0.3) is 10.9 Å². The average molecular weight is 226 g/mol. The molecule has 1 heterocycles. The Hall–Kier alpha value is -0.870. The number of hydrogen-bond acceptors (Lipinski definition) is 2. The van der Waals surface area contributed by atoms with Crippen molar-refractivity contribution < 1.29 is 0 Å². The van der Waals surface area contributed by atoms with Crippen LogP contribution in [0.15, 0.2) is 22.8 Å². The number of H-pyrrole nitrogens is 1. The van der Waals surface area contributed by atoms with Crippen molar-refractivity contribution in [2.45, 2.75) is 6.54 Å². The zero-order valence-corrected chi connectivity index (χ0v) is 7.93. The predicted molar refractivity (Wildman–Crippen MR) is 51.7 cm³/mol. The van der Waals surface area contributed by atoms with E-state index in [1.165, 1.54) is 0 Å². The first kappa shape index (κ1) is 7.76.